The predicted molar refractivity (Wildman–Crippen MR) is 139 cm³/mol. The van der Waals surface area contributed by atoms with Crippen molar-refractivity contribution in [1.82, 2.24) is 0 Å². The highest BCUT2D eigenvalue weighted by Gasteiger charge is 2.45. The van der Waals surface area contributed by atoms with Crippen LogP contribution in [0.5, 0.6) is 0 Å². The van der Waals surface area contributed by atoms with Gasteiger partial charge in [0.1, 0.15) is 5.58 Å². The van der Waals surface area contributed by atoms with Gasteiger partial charge in [-0.25, -0.2) is 4.79 Å². The third kappa shape index (κ3) is 4.27. The number of benzene rings is 3. The van der Waals surface area contributed by atoms with Crippen molar-refractivity contribution in [3.05, 3.63) is 112 Å². The summed E-state index contributed by atoms with van der Waals surface area (Å²) in [5, 5.41) is 12.1. The van der Waals surface area contributed by atoms with Crippen LogP contribution in [0.2, 0.25) is 5.02 Å². The average Bonchev–Trinajstić information content (AvgIpc) is 3.42. The standard InChI is InChI=1S/C29H22ClNO6/c1-3-36-29(35)17-8-11-20(12-9-17)31-25(21-7-5-4-6-16(21)2)24(27(33)28(31)34)26(32)23-15-18-14-19(30)10-13-22(18)37-23/h4-15,25,33H,3H2,1-2H3. The number of nitrogens with zero attached hydrogens (tertiary/aromatic N) is 1. The Morgan fingerprint density at radius 3 is 2.49 bits per heavy atom. The lowest BCUT2D eigenvalue weighted by Gasteiger charge is -2.28. The Bertz CT molecular complexity index is 1580. The molecule has 0 radical (unpaired) electrons. The van der Waals surface area contributed by atoms with Gasteiger partial charge in [-0.2, -0.15) is 0 Å². The number of halogens is 1. The number of ether oxygens (including phenoxy) is 1. The minimum atomic E-state index is -0.925. The summed E-state index contributed by atoms with van der Waals surface area (Å²) in [6.45, 7) is 3.81. The molecule has 1 aliphatic heterocycles. The number of aliphatic hydroxyl groups excluding tert-OH is 1. The maximum absolute atomic E-state index is 13.8. The third-order valence-electron chi connectivity index (χ3n) is 6.29. The number of hydrogen-bond donors (Lipinski definition) is 1. The maximum Gasteiger partial charge on any atom is 0.338 e. The highest BCUT2D eigenvalue weighted by Crippen LogP contribution is 2.43. The molecule has 0 saturated carbocycles. The van der Waals surface area contributed by atoms with Crippen LogP contribution in [0.15, 0.2) is 88.5 Å². The van der Waals surface area contributed by atoms with Crippen LogP contribution in [0.3, 0.4) is 0 Å². The average molecular weight is 516 g/mol. The van der Waals surface area contributed by atoms with E-state index in [9.17, 15) is 19.5 Å². The van der Waals surface area contributed by atoms with E-state index < -0.39 is 29.5 Å². The number of carbonyl (C=O) groups excluding carboxylic acids is 3. The zero-order chi connectivity index (χ0) is 26.3. The predicted octanol–water partition coefficient (Wildman–Crippen LogP) is 6.35. The molecule has 1 N–H and O–H groups in total. The second kappa shape index (κ2) is 9.59. The molecular formula is C29H22ClNO6. The Hall–Kier alpha value is -4.36. The fourth-order valence-corrected chi connectivity index (χ4v) is 4.70. The van der Waals surface area contributed by atoms with E-state index in [2.05, 4.69) is 0 Å². The van der Waals surface area contributed by atoms with Crippen LogP contribution in [-0.4, -0.2) is 29.4 Å². The summed E-state index contributed by atoms with van der Waals surface area (Å²) >= 11 is 6.08. The van der Waals surface area contributed by atoms with Gasteiger partial charge < -0.3 is 14.3 Å². The first-order valence-electron chi connectivity index (χ1n) is 11.6. The molecule has 2 heterocycles. The number of rotatable bonds is 6. The Morgan fingerprint density at radius 2 is 1.78 bits per heavy atom. The molecule has 5 rings (SSSR count). The van der Waals surface area contributed by atoms with Gasteiger partial charge in [0.15, 0.2) is 11.5 Å². The van der Waals surface area contributed by atoms with Crippen LogP contribution in [-0.2, 0) is 9.53 Å². The summed E-state index contributed by atoms with van der Waals surface area (Å²) in [6.07, 6.45) is 0. The van der Waals surface area contributed by atoms with Gasteiger partial charge in [-0.3, -0.25) is 14.5 Å². The highest BCUT2D eigenvalue weighted by atomic mass is 35.5. The molecule has 0 fully saturated rings. The molecule has 1 aromatic heterocycles. The molecule has 0 bridgehead atoms. The second-order valence-corrected chi connectivity index (χ2v) is 9.02. The van der Waals surface area contributed by atoms with Crippen LogP contribution in [0.1, 0.15) is 45.0 Å². The Morgan fingerprint density at radius 1 is 1.05 bits per heavy atom. The zero-order valence-corrected chi connectivity index (χ0v) is 20.8. The van der Waals surface area contributed by atoms with Crippen molar-refractivity contribution >= 4 is 45.9 Å². The molecule has 1 atom stereocenters. The number of furan rings is 1. The molecule has 0 spiro atoms. The van der Waals surface area contributed by atoms with Gasteiger partial charge in [0, 0.05) is 16.1 Å². The largest absolute Gasteiger partial charge is 0.503 e. The van der Waals surface area contributed by atoms with Gasteiger partial charge >= 0.3 is 5.97 Å². The van der Waals surface area contributed by atoms with Crippen molar-refractivity contribution < 1.29 is 28.6 Å². The van der Waals surface area contributed by atoms with Crippen molar-refractivity contribution in [2.45, 2.75) is 19.9 Å². The maximum atomic E-state index is 13.8. The van der Waals surface area contributed by atoms with Crippen LogP contribution >= 0.6 is 11.6 Å². The van der Waals surface area contributed by atoms with Gasteiger partial charge in [-0.1, -0.05) is 35.9 Å². The van der Waals surface area contributed by atoms with Crippen LogP contribution < -0.4 is 4.90 Å². The van der Waals surface area contributed by atoms with E-state index in [4.69, 9.17) is 20.8 Å². The minimum absolute atomic E-state index is 0.0234. The van der Waals surface area contributed by atoms with Crippen molar-refractivity contribution in [3.8, 4) is 0 Å². The second-order valence-electron chi connectivity index (χ2n) is 8.59. The molecule has 1 amide bonds. The summed E-state index contributed by atoms with van der Waals surface area (Å²) < 4.78 is 10.8. The van der Waals surface area contributed by atoms with Gasteiger partial charge in [0.2, 0.25) is 5.78 Å². The lowest BCUT2D eigenvalue weighted by atomic mass is 9.92. The molecule has 8 heteroatoms. The van der Waals surface area contributed by atoms with E-state index in [1.165, 1.54) is 17.0 Å². The molecule has 1 aliphatic rings. The van der Waals surface area contributed by atoms with Crippen LogP contribution in [0.4, 0.5) is 5.69 Å². The first kappa shape index (κ1) is 24.3. The number of esters is 1. The van der Waals surface area contributed by atoms with E-state index in [0.717, 1.165) is 5.56 Å². The van der Waals surface area contributed by atoms with E-state index in [1.807, 2.05) is 19.1 Å². The van der Waals surface area contributed by atoms with Crippen molar-refractivity contribution in [2.75, 3.05) is 11.5 Å². The van der Waals surface area contributed by atoms with E-state index in [-0.39, 0.29) is 17.9 Å². The number of anilines is 1. The fourth-order valence-electron chi connectivity index (χ4n) is 4.52. The van der Waals surface area contributed by atoms with Gasteiger partial charge in [-0.05, 0) is 73.5 Å². The quantitative estimate of drug-likeness (QED) is 0.237. The number of amides is 1. The minimum Gasteiger partial charge on any atom is -0.503 e. The van der Waals surface area contributed by atoms with Crippen LogP contribution in [0, 0.1) is 6.92 Å². The van der Waals surface area contributed by atoms with Crippen molar-refractivity contribution in [1.29, 1.82) is 0 Å². The van der Waals surface area contributed by atoms with Gasteiger partial charge in [0.25, 0.3) is 5.91 Å². The zero-order valence-electron chi connectivity index (χ0n) is 20.0. The first-order chi connectivity index (χ1) is 17.8. The van der Waals surface area contributed by atoms with E-state index in [0.29, 0.717) is 32.8 Å². The smallest absolute Gasteiger partial charge is 0.338 e. The normalized spacial score (nSPS) is 15.5. The van der Waals surface area contributed by atoms with Gasteiger partial charge in [-0.15, -0.1) is 0 Å². The monoisotopic (exact) mass is 515 g/mol. The number of hydrogen-bond acceptors (Lipinski definition) is 6. The van der Waals surface area contributed by atoms with Crippen molar-refractivity contribution in [2.24, 2.45) is 0 Å². The number of carbonyl (C=O) groups is 3. The van der Waals surface area contributed by atoms with E-state index in [1.54, 1.807) is 55.5 Å². The highest BCUT2D eigenvalue weighted by molar-refractivity contribution is 6.31. The molecule has 1 unspecified atom stereocenters. The number of aliphatic hydroxyl groups is 1. The summed E-state index contributed by atoms with van der Waals surface area (Å²) in [7, 11) is 0. The number of aryl methyl sites for hydroxylation is 1. The SMILES string of the molecule is CCOC(=O)c1ccc(N2C(=O)C(O)=C(C(=O)c3cc4cc(Cl)ccc4o3)C2c2ccccc2C)cc1. The Kier molecular flexibility index (Phi) is 6.31. The lowest BCUT2D eigenvalue weighted by Crippen LogP contribution is -2.31. The molecule has 0 saturated heterocycles. The number of ketones is 1. The summed E-state index contributed by atoms with van der Waals surface area (Å²) in [4.78, 5) is 40.6. The van der Waals surface area contributed by atoms with Gasteiger partial charge in [0.05, 0.1) is 23.8 Å². The fraction of sp³-hybridized carbons (Fsp3) is 0.138. The Balaban J connectivity index is 1.61. The van der Waals surface area contributed by atoms with Crippen molar-refractivity contribution in [3.63, 3.8) is 0 Å². The summed E-state index contributed by atoms with van der Waals surface area (Å²) in [6, 6.07) is 19.1. The van der Waals surface area contributed by atoms with Crippen LogP contribution in [0.25, 0.3) is 11.0 Å². The molecule has 3 aromatic carbocycles. The topological polar surface area (TPSA) is 97.0 Å². The molecule has 37 heavy (non-hydrogen) atoms. The first-order valence-corrected chi connectivity index (χ1v) is 12.0. The number of fused-ring (bicyclic) bond motifs is 1. The lowest BCUT2D eigenvalue weighted by molar-refractivity contribution is -0.117. The molecule has 186 valence electrons. The molecular weight excluding hydrogens is 494 g/mol. The van der Waals surface area contributed by atoms with E-state index >= 15 is 0 Å². The molecule has 4 aromatic rings. The summed E-state index contributed by atoms with van der Waals surface area (Å²) in [5.74, 6) is -2.52. The number of Topliss-reactive ketones (excluding diaryl/α,β-unsaturated/α-hetero) is 1. The molecule has 0 aliphatic carbocycles. The Labute approximate surface area is 217 Å². The molecule has 7 nitrogen and oxygen atoms in total. The summed E-state index contributed by atoms with van der Waals surface area (Å²) in [5.41, 5.74) is 2.56. The third-order valence-corrected chi connectivity index (χ3v) is 6.53.